The van der Waals surface area contributed by atoms with Crippen LogP contribution in [0.3, 0.4) is 0 Å². The van der Waals surface area contributed by atoms with Crippen LogP contribution in [0.15, 0.2) is 0 Å². The number of nitrogens with zero attached hydrogens (tertiary/aromatic N) is 1. The van der Waals surface area contributed by atoms with Crippen molar-refractivity contribution in [2.45, 2.75) is 20.3 Å². The van der Waals surface area contributed by atoms with Gasteiger partial charge in [-0.05, 0) is 18.4 Å². The zero-order valence-electron chi connectivity index (χ0n) is 9.83. The highest BCUT2D eigenvalue weighted by Gasteiger charge is 2.18. The number of hydrogen-bond acceptors (Lipinski definition) is 3. The molecule has 1 rings (SSSR count). The van der Waals surface area contributed by atoms with Crippen molar-refractivity contribution in [2.24, 2.45) is 17.6 Å². The summed E-state index contributed by atoms with van der Waals surface area (Å²) in [4.78, 5) is 13.5. The minimum Gasteiger partial charge on any atom is -0.355 e. The summed E-state index contributed by atoms with van der Waals surface area (Å²) in [6, 6.07) is 0. The molecule has 88 valence electrons. The summed E-state index contributed by atoms with van der Waals surface area (Å²) in [7, 11) is 0. The van der Waals surface area contributed by atoms with E-state index in [9.17, 15) is 4.79 Å². The van der Waals surface area contributed by atoms with E-state index in [1.807, 2.05) is 0 Å². The molecule has 4 nitrogen and oxygen atoms in total. The van der Waals surface area contributed by atoms with Crippen LogP contribution in [-0.2, 0) is 4.79 Å². The minimum atomic E-state index is 0.173. The second-order valence-corrected chi connectivity index (χ2v) is 4.64. The van der Waals surface area contributed by atoms with Gasteiger partial charge in [-0.3, -0.25) is 4.79 Å². The Kier molecular flexibility index (Phi) is 5.05. The van der Waals surface area contributed by atoms with Crippen LogP contribution in [0.4, 0.5) is 0 Å². The first-order valence-corrected chi connectivity index (χ1v) is 5.82. The third-order valence-electron chi connectivity index (χ3n) is 3.14. The van der Waals surface area contributed by atoms with Gasteiger partial charge in [0.2, 0.25) is 5.91 Å². The van der Waals surface area contributed by atoms with Crippen LogP contribution in [-0.4, -0.2) is 43.5 Å². The molecule has 4 heteroatoms. The first-order chi connectivity index (χ1) is 7.13. The average molecular weight is 213 g/mol. The zero-order chi connectivity index (χ0) is 11.3. The third-order valence-corrected chi connectivity index (χ3v) is 3.14. The van der Waals surface area contributed by atoms with Crippen molar-refractivity contribution < 1.29 is 4.79 Å². The van der Waals surface area contributed by atoms with Crippen LogP contribution in [0, 0.1) is 11.8 Å². The molecular formula is C11H23N3O. The van der Waals surface area contributed by atoms with Crippen LogP contribution < -0.4 is 11.1 Å². The highest BCUT2D eigenvalue weighted by atomic mass is 16.1. The molecule has 0 aromatic rings. The lowest BCUT2D eigenvalue weighted by Gasteiger charge is -2.27. The minimum absolute atomic E-state index is 0.173. The van der Waals surface area contributed by atoms with Gasteiger partial charge >= 0.3 is 0 Å². The molecule has 1 unspecified atom stereocenters. The van der Waals surface area contributed by atoms with Crippen LogP contribution in [0.2, 0.25) is 0 Å². The summed E-state index contributed by atoms with van der Waals surface area (Å²) in [6.45, 7) is 8.76. The fourth-order valence-corrected chi connectivity index (χ4v) is 1.89. The molecule has 1 saturated heterocycles. The maximum absolute atomic E-state index is 11.2. The summed E-state index contributed by atoms with van der Waals surface area (Å²) in [5.41, 5.74) is 5.75. The SMILES string of the molecule is CC(C)C(CN)CN1CCNC(=O)CC1. The fourth-order valence-electron chi connectivity index (χ4n) is 1.89. The molecule has 1 aliphatic rings. The number of nitrogens with two attached hydrogens (primary N) is 1. The largest absolute Gasteiger partial charge is 0.355 e. The van der Waals surface area contributed by atoms with Crippen LogP contribution in [0.25, 0.3) is 0 Å². The third kappa shape index (κ3) is 4.18. The van der Waals surface area contributed by atoms with Gasteiger partial charge in [0.05, 0.1) is 0 Å². The molecule has 3 N–H and O–H groups in total. The van der Waals surface area contributed by atoms with Gasteiger partial charge in [0.25, 0.3) is 0 Å². The second-order valence-electron chi connectivity index (χ2n) is 4.64. The van der Waals surface area contributed by atoms with Gasteiger partial charge in [-0.1, -0.05) is 13.8 Å². The lowest BCUT2D eigenvalue weighted by atomic mass is 9.95. The molecule has 0 bridgehead atoms. The van der Waals surface area contributed by atoms with E-state index in [2.05, 4.69) is 24.1 Å². The number of nitrogens with one attached hydrogen (secondary N) is 1. The topological polar surface area (TPSA) is 58.4 Å². The first kappa shape index (κ1) is 12.5. The Balaban J connectivity index is 2.39. The Morgan fingerprint density at radius 3 is 2.80 bits per heavy atom. The summed E-state index contributed by atoms with van der Waals surface area (Å²) >= 11 is 0. The molecule has 0 aliphatic carbocycles. The molecular weight excluding hydrogens is 190 g/mol. The van der Waals surface area contributed by atoms with E-state index in [-0.39, 0.29) is 5.91 Å². The molecule has 0 aromatic heterocycles. The summed E-state index contributed by atoms with van der Waals surface area (Å²) < 4.78 is 0. The van der Waals surface area contributed by atoms with E-state index >= 15 is 0 Å². The predicted molar refractivity (Wildman–Crippen MR) is 61.4 cm³/mol. The Morgan fingerprint density at radius 2 is 2.20 bits per heavy atom. The molecule has 1 amide bonds. The maximum Gasteiger partial charge on any atom is 0.221 e. The van der Waals surface area contributed by atoms with Gasteiger partial charge < -0.3 is 16.0 Å². The summed E-state index contributed by atoms with van der Waals surface area (Å²) in [5.74, 6) is 1.33. The van der Waals surface area contributed by atoms with E-state index in [1.165, 1.54) is 0 Å². The molecule has 0 spiro atoms. The number of hydrogen-bond donors (Lipinski definition) is 2. The van der Waals surface area contributed by atoms with E-state index < -0.39 is 0 Å². The van der Waals surface area contributed by atoms with Crippen molar-refractivity contribution in [1.29, 1.82) is 0 Å². The van der Waals surface area contributed by atoms with Gasteiger partial charge in [0, 0.05) is 32.6 Å². The molecule has 0 saturated carbocycles. The van der Waals surface area contributed by atoms with Gasteiger partial charge in [-0.15, -0.1) is 0 Å². The Bertz CT molecular complexity index is 206. The maximum atomic E-state index is 11.2. The molecule has 1 aliphatic heterocycles. The van der Waals surface area contributed by atoms with Crippen molar-refractivity contribution in [3.63, 3.8) is 0 Å². The van der Waals surface area contributed by atoms with E-state index in [1.54, 1.807) is 0 Å². The standard InChI is InChI=1S/C11H23N3O/c1-9(2)10(7-12)8-14-5-3-11(15)13-4-6-14/h9-10H,3-8,12H2,1-2H3,(H,13,15). The molecule has 1 heterocycles. The normalized spacial score (nSPS) is 21.2. The fraction of sp³-hybridized carbons (Fsp3) is 0.909. The Morgan fingerprint density at radius 1 is 1.47 bits per heavy atom. The quantitative estimate of drug-likeness (QED) is 0.693. The monoisotopic (exact) mass is 213 g/mol. The van der Waals surface area contributed by atoms with Gasteiger partial charge in [0.1, 0.15) is 0 Å². The van der Waals surface area contributed by atoms with Crippen molar-refractivity contribution in [2.75, 3.05) is 32.7 Å². The first-order valence-electron chi connectivity index (χ1n) is 5.82. The van der Waals surface area contributed by atoms with Gasteiger partial charge in [-0.2, -0.15) is 0 Å². The smallest absolute Gasteiger partial charge is 0.221 e. The average Bonchev–Trinajstić information content (AvgIpc) is 2.39. The van der Waals surface area contributed by atoms with Crippen molar-refractivity contribution >= 4 is 5.91 Å². The van der Waals surface area contributed by atoms with Crippen molar-refractivity contribution in [1.82, 2.24) is 10.2 Å². The summed E-state index contributed by atoms with van der Waals surface area (Å²) in [5, 5.41) is 2.88. The number of rotatable bonds is 4. The lowest BCUT2D eigenvalue weighted by molar-refractivity contribution is -0.120. The van der Waals surface area contributed by atoms with Crippen molar-refractivity contribution in [3.8, 4) is 0 Å². The number of amides is 1. The zero-order valence-corrected chi connectivity index (χ0v) is 9.83. The van der Waals surface area contributed by atoms with Gasteiger partial charge in [-0.25, -0.2) is 0 Å². The molecule has 1 atom stereocenters. The van der Waals surface area contributed by atoms with E-state index in [4.69, 9.17) is 5.73 Å². The predicted octanol–water partition coefficient (Wildman–Crippen LogP) is 0.0392. The van der Waals surface area contributed by atoms with Crippen LogP contribution >= 0.6 is 0 Å². The van der Waals surface area contributed by atoms with Crippen LogP contribution in [0.1, 0.15) is 20.3 Å². The number of carbonyl (C=O) groups is 1. The van der Waals surface area contributed by atoms with Crippen LogP contribution in [0.5, 0.6) is 0 Å². The highest BCUT2D eigenvalue weighted by Crippen LogP contribution is 2.11. The second kappa shape index (κ2) is 6.08. The van der Waals surface area contributed by atoms with Gasteiger partial charge in [0.15, 0.2) is 0 Å². The van der Waals surface area contributed by atoms with E-state index in [0.29, 0.717) is 18.3 Å². The molecule has 0 radical (unpaired) electrons. The number of carbonyl (C=O) groups excluding carboxylic acids is 1. The van der Waals surface area contributed by atoms with E-state index in [0.717, 1.165) is 32.7 Å². The molecule has 0 aromatic carbocycles. The lowest BCUT2D eigenvalue weighted by Crippen LogP contribution is -2.37. The Labute approximate surface area is 92.2 Å². The Hall–Kier alpha value is -0.610. The highest BCUT2D eigenvalue weighted by molar-refractivity contribution is 5.76. The summed E-state index contributed by atoms with van der Waals surface area (Å²) in [6.07, 6.45) is 0.620. The van der Waals surface area contributed by atoms with Crippen molar-refractivity contribution in [3.05, 3.63) is 0 Å². The molecule has 1 fully saturated rings. The molecule has 15 heavy (non-hydrogen) atoms.